The Bertz CT molecular complexity index is 991. The van der Waals surface area contributed by atoms with Gasteiger partial charge in [-0.05, 0) is 36.2 Å². The van der Waals surface area contributed by atoms with Crippen LogP contribution in [-0.2, 0) is 26.5 Å². The van der Waals surface area contributed by atoms with Crippen molar-refractivity contribution in [3.05, 3.63) is 60.2 Å². The van der Waals surface area contributed by atoms with Crippen molar-refractivity contribution in [2.24, 2.45) is 0 Å². The monoisotopic (exact) mass is 436 g/mol. The molecule has 0 aliphatic carbocycles. The summed E-state index contributed by atoms with van der Waals surface area (Å²) in [5, 5.41) is 0. The maximum atomic E-state index is 12.6. The zero-order chi connectivity index (χ0) is 21.0. The molecule has 154 valence electrons. The zero-order valence-electron chi connectivity index (χ0n) is 14.8. The van der Waals surface area contributed by atoms with Crippen LogP contribution in [0.5, 0.6) is 0 Å². The highest BCUT2D eigenvalue weighted by Crippen LogP contribution is 2.19. The summed E-state index contributed by atoms with van der Waals surface area (Å²) in [5.41, 5.74) is 0.960. The minimum Gasteiger partial charge on any atom is -0.207 e. The molecule has 2 aromatic rings. The number of sulfonamides is 2. The Morgan fingerprint density at radius 3 is 1.96 bits per heavy atom. The van der Waals surface area contributed by atoms with E-state index in [0.29, 0.717) is 6.42 Å². The first-order chi connectivity index (χ1) is 12.9. The largest absolute Gasteiger partial charge is 0.402 e. The van der Waals surface area contributed by atoms with E-state index >= 15 is 0 Å². The molecule has 2 rings (SSSR count). The molecule has 6 nitrogen and oxygen atoms in total. The smallest absolute Gasteiger partial charge is 0.207 e. The number of benzene rings is 2. The number of nitrogens with one attached hydrogen (secondary N) is 1. The standard InChI is InChI=1S/C17H19F3N2O4S2/c1-22(12-11-14-5-3-2-4-6-14)28(25,26)16-9-7-15(8-10-16)27(23,24)21-13-17(18,19)20/h2-10,21H,11-13H2,1H3. The number of hydrogen-bond donors (Lipinski definition) is 1. The van der Waals surface area contributed by atoms with Crippen molar-refractivity contribution in [3.8, 4) is 0 Å². The first-order valence-electron chi connectivity index (χ1n) is 8.08. The van der Waals surface area contributed by atoms with E-state index in [0.717, 1.165) is 34.1 Å². The van der Waals surface area contributed by atoms with Gasteiger partial charge in [0.15, 0.2) is 0 Å². The van der Waals surface area contributed by atoms with Crippen molar-refractivity contribution in [2.75, 3.05) is 20.1 Å². The topological polar surface area (TPSA) is 83.6 Å². The Hall–Kier alpha value is -1.95. The Morgan fingerprint density at radius 1 is 0.893 bits per heavy atom. The van der Waals surface area contributed by atoms with E-state index in [-0.39, 0.29) is 11.4 Å². The molecule has 1 N–H and O–H groups in total. The van der Waals surface area contributed by atoms with Gasteiger partial charge in [-0.2, -0.15) is 13.2 Å². The molecule has 2 aromatic carbocycles. The normalized spacial score (nSPS) is 13.0. The third-order valence-electron chi connectivity index (χ3n) is 3.86. The maximum absolute atomic E-state index is 12.6. The van der Waals surface area contributed by atoms with Gasteiger partial charge in [-0.15, -0.1) is 0 Å². The van der Waals surface area contributed by atoms with Gasteiger partial charge in [0, 0.05) is 13.6 Å². The lowest BCUT2D eigenvalue weighted by molar-refractivity contribution is -0.121. The molecule has 0 atom stereocenters. The van der Waals surface area contributed by atoms with Crippen LogP contribution in [0.15, 0.2) is 64.4 Å². The fourth-order valence-corrected chi connectivity index (χ4v) is 4.47. The van der Waals surface area contributed by atoms with Crippen molar-refractivity contribution < 1.29 is 30.0 Å². The second kappa shape index (κ2) is 8.60. The van der Waals surface area contributed by atoms with Crippen LogP contribution in [0.25, 0.3) is 0 Å². The summed E-state index contributed by atoms with van der Waals surface area (Å²) >= 11 is 0. The van der Waals surface area contributed by atoms with E-state index in [1.807, 2.05) is 30.3 Å². The summed E-state index contributed by atoms with van der Waals surface area (Å²) in [6.45, 7) is -1.50. The number of nitrogens with zero attached hydrogens (tertiary/aromatic N) is 1. The molecular formula is C17H19F3N2O4S2. The molecule has 28 heavy (non-hydrogen) atoms. The lowest BCUT2D eigenvalue weighted by atomic mass is 10.2. The first kappa shape index (κ1) is 22.3. The predicted molar refractivity (Wildman–Crippen MR) is 97.6 cm³/mol. The van der Waals surface area contributed by atoms with E-state index in [9.17, 15) is 30.0 Å². The molecule has 0 heterocycles. The van der Waals surface area contributed by atoms with Crippen molar-refractivity contribution >= 4 is 20.0 Å². The van der Waals surface area contributed by atoms with Gasteiger partial charge in [0.1, 0.15) is 6.54 Å². The summed E-state index contributed by atoms with van der Waals surface area (Å²) in [6, 6.07) is 13.3. The quantitative estimate of drug-likeness (QED) is 0.689. The lowest BCUT2D eigenvalue weighted by Crippen LogP contribution is -2.33. The van der Waals surface area contributed by atoms with E-state index in [4.69, 9.17) is 0 Å². The summed E-state index contributed by atoms with van der Waals surface area (Å²) in [7, 11) is -6.87. The van der Waals surface area contributed by atoms with Crippen LogP contribution in [0.1, 0.15) is 5.56 Å². The second-order valence-corrected chi connectivity index (χ2v) is 9.79. The van der Waals surface area contributed by atoms with Gasteiger partial charge in [-0.25, -0.2) is 25.9 Å². The van der Waals surface area contributed by atoms with Crippen LogP contribution >= 0.6 is 0 Å². The molecular weight excluding hydrogens is 417 g/mol. The minimum atomic E-state index is -4.70. The van der Waals surface area contributed by atoms with Crippen molar-refractivity contribution in [1.29, 1.82) is 0 Å². The van der Waals surface area contributed by atoms with Gasteiger partial charge in [0.05, 0.1) is 9.79 Å². The summed E-state index contributed by atoms with van der Waals surface area (Å²) in [4.78, 5) is -0.611. The molecule has 0 fully saturated rings. The maximum Gasteiger partial charge on any atom is 0.402 e. The van der Waals surface area contributed by atoms with Gasteiger partial charge in [0.25, 0.3) is 0 Å². The molecule has 0 aliphatic heterocycles. The Kier molecular flexibility index (Phi) is 6.86. The number of rotatable bonds is 8. The summed E-state index contributed by atoms with van der Waals surface area (Å²) in [5.74, 6) is 0. The van der Waals surface area contributed by atoms with E-state index in [1.54, 1.807) is 0 Å². The molecule has 0 aliphatic rings. The average Bonchev–Trinajstić information content (AvgIpc) is 2.65. The molecule has 0 spiro atoms. The van der Waals surface area contributed by atoms with E-state index in [1.165, 1.54) is 11.8 Å². The van der Waals surface area contributed by atoms with Crippen LogP contribution < -0.4 is 4.72 Å². The fraction of sp³-hybridized carbons (Fsp3) is 0.294. The Labute approximate surface area is 162 Å². The van der Waals surface area contributed by atoms with Crippen molar-refractivity contribution in [2.45, 2.75) is 22.4 Å². The van der Waals surface area contributed by atoms with Crippen LogP contribution in [0, 0.1) is 0 Å². The lowest BCUT2D eigenvalue weighted by Gasteiger charge is -2.17. The van der Waals surface area contributed by atoms with Crippen LogP contribution in [-0.4, -0.2) is 47.5 Å². The second-order valence-electron chi connectivity index (χ2n) is 5.97. The highest BCUT2D eigenvalue weighted by atomic mass is 32.2. The molecule has 11 heteroatoms. The highest BCUT2D eigenvalue weighted by molar-refractivity contribution is 7.89. The SMILES string of the molecule is CN(CCc1ccccc1)S(=O)(=O)c1ccc(S(=O)(=O)NCC(F)(F)F)cc1. The van der Waals surface area contributed by atoms with Crippen molar-refractivity contribution in [1.82, 2.24) is 9.03 Å². The first-order valence-corrected chi connectivity index (χ1v) is 11.0. The third kappa shape index (κ3) is 6.03. The molecule has 0 saturated heterocycles. The average molecular weight is 436 g/mol. The number of hydrogen-bond acceptors (Lipinski definition) is 4. The molecule has 0 amide bonds. The molecule has 0 bridgehead atoms. The van der Waals surface area contributed by atoms with Crippen LogP contribution in [0.3, 0.4) is 0 Å². The van der Waals surface area contributed by atoms with Crippen molar-refractivity contribution in [3.63, 3.8) is 0 Å². The molecule has 0 aromatic heterocycles. The van der Waals surface area contributed by atoms with Gasteiger partial charge in [0.2, 0.25) is 20.0 Å². The summed E-state index contributed by atoms with van der Waals surface area (Å²) in [6.07, 6.45) is -4.21. The van der Waals surface area contributed by atoms with E-state index < -0.39 is 37.7 Å². The van der Waals surface area contributed by atoms with Gasteiger partial charge >= 0.3 is 6.18 Å². The van der Waals surface area contributed by atoms with Gasteiger partial charge in [-0.1, -0.05) is 30.3 Å². The minimum absolute atomic E-state index is 0.155. The third-order valence-corrected chi connectivity index (χ3v) is 7.15. The zero-order valence-corrected chi connectivity index (χ0v) is 16.5. The van der Waals surface area contributed by atoms with E-state index in [2.05, 4.69) is 0 Å². The van der Waals surface area contributed by atoms with Crippen LogP contribution in [0.2, 0.25) is 0 Å². The Morgan fingerprint density at radius 2 is 1.43 bits per heavy atom. The number of alkyl halides is 3. The molecule has 0 radical (unpaired) electrons. The van der Waals surface area contributed by atoms with Gasteiger partial charge in [-0.3, -0.25) is 0 Å². The molecule has 0 saturated carbocycles. The van der Waals surface area contributed by atoms with Gasteiger partial charge < -0.3 is 0 Å². The number of halogens is 3. The Balaban J connectivity index is 2.10. The van der Waals surface area contributed by atoms with Crippen LogP contribution in [0.4, 0.5) is 13.2 Å². The summed E-state index contributed by atoms with van der Waals surface area (Å²) < 4.78 is 88.0. The predicted octanol–water partition coefficient (Wildman–Crippen LogP) is 2.39. The molecule has 0 unspecified atom stereocenters. The highest BCUT2D eigenvalue weighted by Gasteiger charge is 2.30. The fourth-order valence-electron chi connectivity index (χ4n) is 2.28. The number of likely N-dealkylation sites (N-methyl/N-ethyl adjacent to an activating group) is 1.